The fourth-order valence-corrected chi connectivity index (χ4v) is 5.86. The van der Waals surface area contributed by atoms with Crippen LogP contribution in [-0.2, 0) is 24.4 Å². The highest BCUT2D eigenvalue weighted by Crippen LogP contribution is 2.35. The van der Waals surface area contributed by atoms with Gasteiger partial charge in [-0.1, -0.05) is 23.7 Å². The van der Waals surface area contributed by atoms with Crippen LogP contribution in [0.4, 0.5) is 4.39 Å². The molecule has 220 valence electrons. The highest BCUT2D eigenvalue weighted by molar-refractivity contribution is 6.30. The van der Waals surface area contributed by atoms with E-state index in [4.69, 9.17) is 30.8 Å². The lowest BCUT2D eigenvalue weighted by Gasteiger charge is -2.33. The number of imidazole rings is 1. The number of benzene rings is 2. The monoisotopic (exact) mass is 594 g/mol. The van der Waals surface area contributed by atoms with Gasteiger partial charge in [0, 0.05) is 29.0 Å². The molecule has 2 aromatic heterocycles. The van der Waals surface area contributed by atoms with Crippen molar-refractivity contribution in [2.75, 3.05) is 26.8 Å². The Hall–Kier alpha value is -3.73. The molecule has 0 spiro atoms. The van der Waals surface area contributed by atoms with Crippen LogP contribution in [-0.4, -0.2) is 63.4 Å². The minimum atomic E-state index is -1.01. The Morgan fingerprint density at radius 3 is 2.69 bits per heavy atom. The highest BCUT2D eigenvalue weighted by Gasteiger charge is 2.28. The summed E-state index contributed by atoms with van der Waals surface area (Å²) in [4.78, 5) is 23.5. The number of aromatic nitrogens is 3. The summed E-state index contributed by atoms with van der Waals surface area (Å²) in [6.45, 7) is 3.71. The van der Waals surface area contributed by atoms with Gasteiger partial charge in [-0.25, -0.2) is 19.2 Å². The number of carbonyl (C=O) groups is 1. The first kappa shape index (κ1) is 28.4. The van der Waals surface area contributed by atoms with Gasteiger partial charge in [0.2, 0.25) is 5.88 Å². The summed E-state index contributed by atoms with van der Waals surface area (Å²) in [7, 11) is 1.53. The predicted octanol–water partition coefficient (Wildman–Crippen LogP) is 5.68. The number of ether oxygens (including phenoxy) is 3. The van der Waals surface area contributed by atoms with E-state index in [2.05, 4.69) is 14.5 Å². The van der Waals surface area contributed by atoms with Crippen LogP contribution in [0, 0.1) is 5.82 Å². The molecular weight excluding hydrogens is 563 g/mol. The third kappa shape index (κ3) is 5.92. The normalized spacial score (nSPS) is 17.7. The molecule has 9 nitrogen and oxygen atoms in total. The Kier molecular flexibility index (Phi) is 8.28. The molecule has 0 aliphatic carbocycles. The van der Waals surface area contributed by atoms with E-state index in [1.54, 1.807) is 24.4 Å². The minimum Gasteiger partial charge on any atom is -0.494 e. The number of fused-ring (bicyclic) bond motifs is 1. The van der Waals surface area contributed by atoms with Gasteiger partial charge in [-0.2, -0.15) is 0 Å². The van der Waals surface area contributed by atoms with E-state index < -0.39 is 11.8 Å². The number of pyridine rings is 1. The molecule has 2 aromatic carbocycles. The Morgan fingerprint density at radius 2 is 2.00 bits per heavy atom. The average molecular weight is 595 g/mol. The summed E-state index contributed by atoms with van der Waals surface area (Å²) in [6.07, 6.45) is 4.52. The van der Waals surface area contributed by atoms with E-state index in [1.807, 2.05) is 12.1 Å². The smallest absolute Gasteiger partial charge is 0.335 e. The maximum Gasteiger partial charge on any atom is 0.335 e. The zero-order valence-electron chi connectivity index (χ0n) is 23.3. The van der Waals surface area contributed by atoms with Crippen molar-refractivity contribution in [3.63, 3.8) is 0 Å². The fourth-order valence-electron chi connectivity index (χ4n) is 5.70. The number of rotatable bonds is 10. The standard InChI is InChI=1S/C31H32ClFN4O5/c1-40-27-14-21(31(38)39)13-26-29(27)35-28(37(26)16-23-8-12-41-23)17-36-10-6-19(7-11-36)24-3-2-9-34-30(24)42-18-20-4-5-22(32)15-25(20)33/h2-5,9,13-15,19,23H,6-8,10-12,16-18H2,1H3,(H,38,39). The summed E-state index contributed by atoms with van der Waals surface area (Å²) in [5.74, 6) is 0.661. The van der Waals surface area contributed by atoms with Gasteiger partial charge in [-0.3, -0.25) is 4.90 Å². The topological polar surface area (TPSA) is 98.9 Å². The zero-order valence-corrected chi connectivity index (χ0v) is 24.0. The fraction of sp³-hybridized carbons (Fsp3) is 0.387. The molecule has 0 saturated carbocycles. The van der Waals surface area contributed by atoms with Gasteiger partial charge in [-0.15, -0.1) is 0 Å². The molecule has 42 heavy (non-hydrogen) atoms. The van der Waals surface area contributed by atoms with Crippen LogP contribution in [0.1, 0.15) is 52.5 Å². The molecule has 2 aliphatic rings. The van der Waals surface area contributed by atoms with Crippen LogP contribution >= 0.6 is 11.6 Å². The van der Waals surface area contributed by atoms with E-state index in [-0.39, 0.29) is 24.2 Å². The van der Waals surface area contributed by atoms with Crippen LogP contribution in [0.15, 0.2) is 48.7 Å². The summed E-state index contributed by atoms with van der Waals surface area (Å²) < 4.78 is 33.6. The van der Waals surface area contributed by atoms with Crippen molar-refractivity contribution in [2.24, 2.45) is 0 Å². The number of aromatic carboxylic acids is 1. The molecule has 1 atom stereocenters. The number of hydrogen-bond donors (Lipinski definition) is 1. The van der Waals surface area contributed by atoms with Crippen LogP contribution in [0.25, 0.3) is 11.0 Å². The number of carboxylic acid groups (broad SMARTS) is 1. The van der Waals surface area contributed by atoms with E-state index in [0.29, 0.717) is 40.8 Å². The number of carboxylic acids is 1. The van der Waals surface area contributed by atoms with Crippen LogP contribution in [0.5, 0.6) is 11.6 Å². The predicted molar refractivity (Wildman–Crippen MR) is 155 cm³/mol. The first-order valence-electron chi connectivity index (χ1n) is 14.1. The van der Waals surface area contributed by atoms with Crippen LogP contribution < -0.4 is 9.47 Å². The van der Waals surface area contributed by atoms with Gasteiger partial charge in [0.05, 0.1) is 37.4 Å². The largest absolute Gasteiger partial charge is 0.494 e. The van der Waals surface area contributed by atoms with Gasteiger partial charge < -0.3 is 23.9 Å². The van der Waals surface area contributed by atoms with Crippen LogP contribution in [0.2, 0.25) is 5.02 Å². The van der Waals surface area contributed by atoms with Gasteiger partial charge in [0.25, 0.3) is 0 Å². The lowest BCUT2D eigenvalue weighted by atomic mass is 9.90. The Balaban J connectivity index is 1.17. The molecule has 6 rings (SSSR count). The van der Waals surface area contributed by atoms with Gasteiger partial charge in [-0.05, 0) is 68.6 Å². The van der Waals surface area contributed by atoms with Gasteiger partial charge in [0.15, 0.2) is 0 Å². The molecule has 4 aromatic rings. The molecule has 1 unspecified atom stereocenters. The van der Waals surface area contributed by atoms with E-state index in [9.17, 15) is 14.3 Å². The van der Waals surface area contributed by atoms with Crippen molar-refractivity contribution in [1.29, 1.82) is 0 Å². The van der Waals surface area contributed by atoms with Gasteiger partial charge in [0.1, 0.15) is 29.5 Å². The Bertz CT molecular complexity index is 1600. The second kappa shape index (κ2) is 12.2. The van der Waals surface area contributed by atoms with Crippen molar-refractivity contribution in [1.82, 2.24) is 19.4 Å². The van der Waals surface area contributed by atoms with Crippen molar-refractivity contribution in [3.8, 4) is 11.6 Å². The number of halogens is 2. The number of nitrogens with zero attached hydrogens (tertiary/aromatic N) is 4. The van der Waals surface area contributed by atoms with E-state index >= 15 is 0 Å². The molecule has 2 saturated heterocycles. The van der Waals surface area contributed by atoms with E-state index in [0.717, 1.165) is 55.9 Å². The first-order chi connectivity index (χ1) is 20.4. The molecule has 2 fully saturated rings. The average Bonchev–Trinajstić information content (AvgIpc) is 3.31. The lowest BCUT2D eigenvalue weighted by Crippen LogP contribution is -2.35. The second-order valence-electron chi connectivity index (χ2n) is 10.7. The van der Waals surface area contributed by atoms with Gasteiger partial charge >= 0.3 is 5.97 Å². The van der Waals surface area contributed by atoms with Crippen molar-refractivity contribution in [2.45, 2.75) is 51.0 Å². The molecule has 0 bridgehead atoms. The molecule has 2 aliphatic heterocycles. The second-order valence-corrected chi connectivity index (χ2v) is 11.2. The number of piperidine rings is 1. The third-order valence-corrected chi connectivity index (χ3v) is 8.35. The first-order valence-corrected chi connectivity index (χ1v) is 14.4. The third-order valence-electron chi connectivity index (χ3n) is 8.12. The summed E-state index contributed by atoms with van der Waals surface area (Å²) in [6, 6.07) is 11.7. The quantitative estimate of drug-likeness (QED) is 0.250. The molecule has 1 N–H and O–H groups in total. The maximum absolute atomic E-state index is 14.3. The van der Waals surface area contributed by atoms with Crippen LogP contribution in [0.3, 0.4) is 0 Å². The Labute approximate surface area is 247 Å². The summed E-state index contributed by atoms with van der Waals surface area (Å²) >= 11 is 5.88. The number of hydrogen-bond acceptors (Lipinski definition) is 7. The minimum absolute atomic E-state index is 0.0693. The molecular formula is C31H32ClFN4O5. The van der Waals surface area contributed by atoms with Crippen molar-refractivity contribution in [3.05, 3.63) is 82.0 Å². The Morgan fingerprint density at radius 1 is 1.19 bits per heavy atom. The highest BCUT2D eigenvalue weighted by atomic mass is 35.5. The van der Waals surface area contributed by atoms with Crippen molar-refractivity contribution >= 4 is 28.6 Å². The summed E-state index contributed by atoms with van der Waals surface area (Å²) in [5.41, 5.74) is 3.00. The molecule has 11 heteroatoms. The molecule has 4 heterocycles. The summed E-state index contributed by atoms with van der Waals surface area (Å²) in [5, 5.41) is 10.0. The lowest BCUT2D eigenvalue weighted by molar-refractivity contribution is -0.0592. The SMILES string of the molecule is COc1cc(C(=O)O)cc2c1nc(CN1CCC(c3cccnc3OCc3ccc(Cl)cc3F)CC1)n2CC1CCO1. The number of methoxy groups -OCH3 is 1. The number of likely N-dealkylation sites (tertiary alicyclic amines) is 1. The van der Waals surface area contributed by atoms with E-state index in [1.165, 1.54) is 19.2 Å². The molecule has 0 radical (unpaired) electrons. The van der Waals surface area contributed by atoms with Crippen molar-refractivity contribution < 1.29 is 28.5 Å². The zero-order chi connectivity index (χ0) is 29.2. The maximum atomic E-state index is 14.3. The molecule has 0 amide bonds.